The maximum Gasteiger partial charge on any atom is 0.338 e. The molecule has 1 aromatic heterocycles. The molecule has 0 saturated heterocycles. The number of carbonyl (C=O) groups excluding carboxylic acids is 5. The van der Waals surface area contributed by atoms with Gasteiger partial charge in [0.05, 0.1) is 46.5 Å². The minimum Gasteiger partial charge on any atom is -0.459 e. The van der Waals surface area contributed by atoms with Crippen LogP contribution in [0.3, 0.4) is 0 Å². The van der Waals surface area contributed by atoms with Gasteiger partial charge in [0.2, 0.25) is 5.91 Å². The number of hydrogen-bond acceptors (Lipinski definition) is 15. The number of fused-ring (bicyclic) bond motifs is 1. The molecule has 1 aliphatic rings. The van der Waals surface area contributed by atoms with E-state index < -0.39 is 16.7 Å². The molecule has 0 saturated carbocycles. The number of hydroxylamine groups is 2. The van der Waals surface area contributed by atoms with E-state index in [1.54, 1.807) is 44.3 Å². The number of aliphatic hydroxyl groups excluding tert-OH is 2. The van der Waals surface area contributed by atoms with Crippen LogP contribution < -0.4 is 11.1 Å². The van der Waals surface area contributed by atoms with Crippen molar-refractivity contribution in [2.24, 2.45) is 53.1 Å². The Morgan fingerprint density at radius 3 is 1.43 bits per heavy atom. The largest absolute Gasteiger partial charge is 0.459 e. The molecule has 0 radical (unpaired) electrons. The van der Waals surface area contributed by atoms with Gasteiger partial charge in [-0.2, -0.15) is 5.26 Å². The van der Waals surface area contributed by atoms with E-state index in [0.717, 1.165) is 51.0 Å². The maximum atomic E-state index is 13.6. The highest BCUT2D eigenvalue weighted by molar-refractivity contribution is 6.30. The van der Waals surface area contributed by atoms with E-state index >= 15 is 0 Å². The lowest BCUT2D eigenvalue weighted by Crippen LogP contribution is -2.41. The Kier molecular flexibility index (Phi) is 50.0. The number of ether oxygens (including phenoxy) is 1. The second kappa shape index (κ2) is 49.7. The number of nitro groups is 1. The van der Waals surface area contributed by atoms with Crippen LogP contribution in [0.4, 0.5) is 15.9 Å². The zero-order valence-corrected chi connectivity index (χ0v) is 60.3. The van der Waals surface area contributed by atoms with Gasteiger partial charge in [-0.05, 0) is 127 Å². The predicted molar refractivity (Wildman–Crippen MR) is 364 cm³/mol. The number of nitrogens with zero attached hydrogens (tertiary/aromatic N) is 5. The Hall–Kier alpha value is -5.91. The van der Waals surface area contributed by atoms with E-state index in [1.165, 1.54) is 47.8 Å². The molecule has 2 aromatic carbocycles. The lowest BCUT2D eigenvalue weighted by atomic mass is 9.99. The van der Waals surface area contributed by atoms with Crippen molar-refractivity contribution < 1.29 is 53.1 Å². The normalized spacial score (nSPS) is 15.7. The van der Waals surface area contributed by atoms with Gasteiger partial charge in [-0.25, -0.2) is 19.2 Å². The van der Waals surface area contributed by atoms with Crippen molar-refractivity contribution in [3.8, 4) is 6.07 Å². The third kappa shape index (κ3) is 35.6. The molecule has 0 bridgehead atoms. The fraction of sp³-hybridized carbons (Fsp3) is 0.671. The lowest BCUT2D eigenvalue weighted by molar-refractivity contribution is -0.384. The predicted octanol–water partition coefficient (Wildman–Crippen LogP) is 16.4. The number of imide groups is 1. The molecule has 1 aliphatic heterocycles. The Balaban J connectivity index is -0.000000486. The molecule has 3 unspecified atom stereocenters. The van der Waals surface area contributed by atoms with E-state index in [9.17, 15) is 38.5 Å². The number of pyridine rings is 1. The number of anilines is 1. The number of benzene rings is 2. The number of nitriles is 1. The van der Waals surface area contributed by atoms with Gasteiger partial charge >= 0.3 is 5.97 Å². The number of nitro benzene ring substituents is 1. The summed E-state index contributed by atoms with van der Waals surface area (Å²) in [6.45, 7) is 45.8. The first-order valence-electron chi connectivity index (χ1n) is 32.3. The first-order valence-corrected chi connectivity index (χ1v) is 32.6. The Labute approximate surface area is 547 Å². The molecule has 0 fully saturated rings. The standard InChI is InChI=1S/C14H17NO2.C13H17NO4.C12H15ClFN3.C7H15NO2.C6H15N.2C6H14O.C6H12O/c1-4-9(2)10(3)15-13(16)11-7-5-6-8-12(11)14(15)17;1-4-9(2)10(3)18-13(15)11-5-7-12(8-6-11)14(16)17;1-4-7(2)8(3)16-12-10(14)5-9(6-15)11(13)17-12;1-5-6(2)7(9)8(3)10-4;4*1-4-5(2)6(3)7/h5-10H,4H2,1-3H3;5-10H,4H2,1-3H3;5,7-8H,4H2,1-3H3,(H,16,17);6H,5H2,1-4H3;5-6H,4,7H2,1-3H3;2*5-7H,4H2,1-3H3;5H,4H2,1-3H3/t9-,10+;9-,10?;7-,8+;6-;5-,6+;2*5-,6?;5-/m00000000/s1. The van der Waals surface area contributed by atoms with Gasteiger partial charge in [-0.3, -0.25) is 39.0 Å². The van der Waals surface area contributed by atoms with Crippen LogP contribution in [0.1, 0.15) is 247 Å². The summed E-state index contributed by atoms with van der Waals surface area (Å²) < 4.78 is 18.9. The number of non-ortho nitro benzene ring substituents is 1. The van der Waals surface area contributed by atoms with Crippen molar-refractivity contribution in [1.29, 1.82) is 5.26 Å². The summed E-state index contributed by atoms with van der Waals surface area (Å²) in [6.07, 6.45) is 7.57. The summed E-state index contributed by atoms with van der Waals surface area (Å²) >= 11 is 5.76. The first kappa shape index (κ1) is 90.5. The number of nitrogens with one attached hydrogen (secondary N) is 1. The maximum absolute atomic E-state index is 13.6. The number of aliphatic hydroxyl groups is 2. The summed E-state index contributed by atoms with van der Waals surface area (Å²) in [5.74, 6) is 2.03. The first-order chi connectivity index (χ1) is 41.9. The monoisotopic (exact) mass is 1290 g/mol. The summed E-state index contributed by atoms with van der Waals surface area (Å²) in [4.78, 5) is 77.5. The van der Waals surface area contributed by atoms with Gasteiger partial charge in [0, 0.05) is 49.1 Å². The van der Waals surface area contributed by atoms with Crippen LogP contribution in [0, 0.1) is 74.6 Å². The van der Waals surface area contributed by atoms with Crippen molar-refractivity contribution in [2.75, 3.05) is 19.5 Å². The van der Waals surface area contributed by atoms with Gasteiger partial charge < -0.3 is 26.0 Å². The summed E-state index contributed by atoms with van der Waals surface area (Å²) in [6, 6.07) is 15.7. The third-order valence-electron chi connectivity index (χ3n) is 17.1. The van der Waals surface area contributed by atoms with E-state index in [-0.39, 0.29) is 88.1 Å². The summed E-state index contributed by atoms with van der Waals surface area (Å²) in [5, 5.41) is 41.1. The van der Waals surface area contributed by atoms with Crippen LogP contribution >= 0.6 is 11.6 Å². The molecule has 0 aliphatic carbocycles. The number of esters is 1. The van der Waals surface area contributed by atoms with Crippen molar-refractivity contribution >= 4 is 52.6 Å². The minimum absolute atomic E-state index is 0.0211. The molecule has 5 N–H and O–H groups in total. The van der Waals surface area contributed by atoms with Gasteiger partial charge in [-0.1, -0.05) is 173 Å². The third-order valence-corrected chi connectivity index (χ3v) is 17.4. The van der Waals surface area contributed by atoms with Gasteiger partial charge in [-0.15, -0.1) is 0 Å². The number of nitrogens with two attached hydrogens (primary N) is 1. The highest BCUT2D eigenvalue weighted by Crippen LogP contribution is 2.28. The molecule has 3 amide bonds. The van der Waals surface area contributed by atoms with Gasteiger partial charge in [0.1, 0.15) is 23.1 Å². The molecule has 14 atom stereocenters. The quantitative estimate of drug-likeness (QED) is 0.0226. The molecule has 0 spiro atoms. The average molecular weight is 1290 g/mol. The molecule has 20 heteroatoms. The molecule has 514 valence electrons. The smallest absolute Gasteiger partial charge is 0.338 e. The van der Waals surface area contributed by atoms with Crippen LogP contribution in [-0.4, -0.2) is 110 Å². The van der Waals surface area contributed by atoms with Gasteiger partial charge in [0.15, 0.2) is 11.6 Å². The number of carbonyl (C=O) groups is 5. The van der Waals surface area contributed by atoms with Crippen LogP contribution in [0.2, 0.25) is 5.15 Å². The van der Waals surface area contributed by atoms with Crippen molar-refractivity contribution in [2.45, 2.75) is 247 Å². The molecular weight excluding hydrogens is 1170 g/mol. The van der Waals surface area contributed by atoms with E-state index in [4.69, 9.17) is 42.4 Å². The van der Waals surface area contributed by atoms with E-state index in [0.29, 0.717) is 58.1 Å². The molecule has 90 heavy (non-hydrogen) atoms. The second-order valence-electron chi connectivity index (χ2n) is 23.8. The van der Waals surface area contributed by atoms with Crippen LogP contribution in [0.25, 0.3) is 0 Å². The summed E-state index contributed by atoms with van der Waals surface area (Å²) in [5.41, 5.74) is 6.95. The molecule has 2 heterocycles. The Morgan fingerprint density at radius 1 is 0.711 bits per heavy atom. The van der Waals surface area contributed by atoms with E-state index in [1.807, 2.05) is 96.9 Å². The molecule has 18 nitrogen and oxygen atoms in total. The number of aromatic nitrogens is 1. The SMILES string of the molecule is CC[C@H](C)C(=O)N(C)OC.CC[C@H](C)C(C)=O.CC[C@H](C)C(C)O.CC[C@H](C)C(C)O.CC[C@H](C)C(C)OC(=O)c1ccc([N+](=O)[O-])cc1.CC[C@H](C)[C@@H](C)N.CC[C@H](C)[C@@H](C)N1C(=O)c2ccccc2C1=O.CC[C@H](C)[C@@H](C)Nc1nc(Cl)c(C#N)cc1F. The van der Waals surface area contributed by atoms with Crippen LogP contribution in [0.5, 0.6) is 0 Å². The van der Waals surface area contributed by atoms with E-state index in [2.05, 4.69) is 65.7 Å². The number of Topliss-reactive ketones (excluding diaryl/α,β-unsaturated/α-hetero) is 1. The highest BCUT2D eigenvalue weighted by Gasteiger charge is 2.39. The fourth-order valence-corrected chi connectivity index (χ4v) is 7.03. The number of rotatable bonds is 23. The Bertz CT molecular complexity index is 2470. The van der Waals surface area contributed by atoms with Crippen molar-refractivity contribution in [3.05, 3.63) is 97.9 Å². The number of ketones is 1. The molecular formula is C70H119ClFN7O11. The number of hydrogen-bond donors (Lipinski definition) is 4. The Morgan fingerprint density at radius 2 is 1.13 bits per heavy atom. The highest BCUT2D eigenvalue weighted by atomic mass is 35.5. The topological polar surface area (TPSA) is 269 Å². The van der Waals surface area contributed by atoms with Gasteiger partial charge in [0.25, 0.3) is 17.5 Å². The lowest BCUT2D eigenvalue weighted by Gasteiger charge is -2.27. The zero-order chi connectivity index (χ0) is 70.9. The minimum atomic E-state index is -0.555. The van der Waals surface area contributed by atoms with Crippen LogP contribution in [0.15, 0.2) is 54.6 Å². The molecule has 4 rings (SSSR count). The van der Waals surface area contributed by atoms with Crippen LogP contribution in [-0.2, 0) is 19.2 Å². The van der Waals surface area contributed by atoms with Crippen molar-refractivity contribution in [1.82, 2.24) is 14.9 Å². The second-order valence-corrected chi connectivity index (χ2v) is 24.1. The van der Waals surface area contributed by atoms with Crippen molar-refractivity contribution in [3.63, 3.8) is 0 Å². The number of halogens is 2. The average Bonchev–Trinajstić information content (AvgIpc) is 1.69. The number of amides is 3. The fourth-order valence-electron chi connectivity index (χ4n) is 6.85. The molecule has 3 aromatic rings. The zero-order valence-electron chi connectivity index (χ0n) is 59.6. The summed E-state index contributed by atoms with van der Waals surface area (Å²) in [7, 11) is 3.11.